The van der Waals surface area contributed by atoms with Gasteiger partial charge in [0.15, 0.2) is 6.73 Å². The van der Waals surface area contributed by atoms with E-state index in [1.807, 2.05) is 14.1 Å². The summed E-state index contributed by atoms with van der Waals surface area (Å²) >= 11 is 0. The van der Waals surface area contributed by atoms with Gasteiger partial charge in [0.1, 0.15) is 0 Å². The number of amides is 1. The Morgan fingerprint density at radius 1 is 0.724 bits per heavy atom. The molecule has 0 aromatic carbocycles. The summed E-state index contributed by atoms with van der Waals surface area (Å²) in [6.07, 6.45) is 21.9. The molecule has 0 fully saturated rings. The highest BCUT2D eigenvalue weighted by atomic mass is 35.5. The molecule has 0 aliphatic rings. The van der Waals surface area contributed by atoms with Gasteiger partial charge in [-0.15, -0.1) is 0 Å². The molecule has 0 atom stereocenters. The van der Waals surface area contributed by atoms with Crippen molar-refractivity contribution < 1.29 is 26.8 Å². The molecule has 0 aliphatic heterocycles. The van der Waals surface area contributed by atoms with Crippen molar-refractivity contribution in [2.24, 2.45) is 0 Å². The molecule has 0 saturated carbocycles. The van der Waals surface area contributed by atoms with Crippen LogP contribution in [0, 0.1) is 0 Å². The van der Waals surface area contributed by atoms with Crippen molar-refractivity contribution in [2.45, 2.75) is 116 Å². The minimum absolute atomic E-state index is 0. The number of hydrogen-bond acceptors (Lipinski definition) is 2. The topological polar surface area (TPSA) is 49.3 Å². The fraction of sp³-hybridized carbons (Fsp3) is 0.958. The molecule has 0 radical (unpaired) electrons. The van der Waals surface area contributed by atoms with Crippen molar-refractivity contribution in [3.05, 3.63) is 0 Å². The fourth-order valence-corrected chi connectivity index (χ4v) is 3.55. The van der Waals surface area contributed by atoms with E-state index in [4.69, 9.17) is 0 Å². The molecule has 0 saturated heterocycles. The van der Waals surface area contributed by atoms with Gasteiger partial charge in [-0.1, -0.05) is 96.8 Å². The van der Waals surface area contributed by atoms with Crippen LogP contribution in [-0.4, -0.2) is 49.4 Å². The van der Waals surface area contributed by atoms with Crippen LogP contribution >= 0.6 is 0 Å². The summed E-state index contributed by atoms with van der Waals surface area (Å²) in [7, 11) is 3.99. The Bertz CT molecular complexity index is 352. The number of halogens is 1. The Balaban J connectivity index is 0. The maximum Gasteiger partial charge on any atom is 0.219 e. The summed E-state index contributed by atoms with van der Waals surface area (Å²) in [4.78, 5) is 11.8. The highest BCUT2D eigenvalue weighted by Crippen LogP contribution is 2.13. The van der Waals surface area contributed by atoms with Crippen LogP contribution in [0.2, 0.25) is 0 Å². The zero-order valence-corrected chi connectivity index (χ0v) is 20.6. The Morgan fingerprint density at radius 3 is 1.55 bits per heavy atom. The first-order chi connectivity index (χ1) is 13.5. The molecule has 4 nitrogen and oxygen atoms in total. The van der Waals surface area contributed by atoms with Gasteiger partial charge in [-0.05, 0) is 6.42 Å². The zero-order valence-electron chi connectivity index (χ0n) is 19.8. The van der Waals surface area contributed by atoms with Gasteiger partial charge in [0.05, 0.1) is 20.6 Å². The lowest BCUT2D eigenvalue weighted by Gasteiger charge is -2.26. The van der Waals surface area contributed by atoms with Crippen LogP contribution in [0.5, 0.6) is 0 Å². The number of hydrogen-bond donors (Lipinski definition) is 2. The first kappa shape index (κ1) is 30.9. The molecule has 1 amide bonds. The first-order valence-corrected chi connectivity index (χ1v) is 12.2. The van der Waals surface area contributed by atoms with Gasteiger partial charge in [-0.2, -0.15) is 0 Å². The number of nitrogens with one attached hydrogen (secondary N) is 1. The van der Waals surface area contributed by atoms with Crippen LogP contribution in [0.15, 0.2) is 0 Å². The van der Waals surface area contributed by atoms with Crippen molar-refractivity contribution >= 4 is 5.91 Å². The minimum atomic E-state index is 0. The Morgan fingerprint density at radius 2 is 1.14 bits per heavy atom. The van der Waals surface area contributed by atoms with E-state index in [0.29, 0.717) is 10.9 Å². The molecule has 2 N–H and O–H groups in total. The average Bonchev–Trinajstić information content (AvgIpc) is 2.68. The lowest BCUT2D eigenvalue weighted by Crippen LogP contribution is -3.00. The number of quaternary nitrogens is 1. The Labute approximate surface area is 188 Å². The van der Waals surface area contributed by atoms with Gasteiger partial charge < -0.3 is 27.3 Å². The lowest BCUT2D eigenvalue weighted by molar-refractivity contribution is -0.908. The first-order valence-electron chi connectivity index (χ1n) is 12.2. The number of nitrogens with zero attached hydrogens (tertiary/aromatic N) is 1. The molecule has 0 spiro atoms. The highest BCUT2D eigenvalue weighted by molar-refractivity contribution is 5.75. The molecular formula is C24H51ClN2O2. The van der Waals surface area contributed by atoms with E-state index in [0.717, 1.165) is 25.9 Å². The maximum absolute atomic E-state index is 11.8. The second-order valence-corrected chi connectivity index (χ2v) is 9.20. The Kier molecular flexibility index (Phi) is 23.8. The van der Waals surface area contributed by atoms with Gasteiger partial charge in [-0.25, -0.2) is 0 Å². The number of aliphatic hydroxyl groups excluding tert-OH is 1. The summed E-state index contributed by atoms with van der Waals surface area (Å²) in [6.45, 7) is 4.03. The van der Waals surface area contributed by atoms with Crippen LogP contribution < -0.4 is 17.7 Å². The van der Waals surface area contributed by atoms with Crippen molar-refractivity contribution in [3.8, 4) is 0 Å². The molecule has 29 heavy (non-hydrogen) atoms. The van der Waals surface area contributed by atoms with Gasteiger partial charge in [0.25, 0.3) is 0 Å². The molecule has 5 heteroatoms. The zero-order chi connectivity index (χ0) is 20.9. The molecule has 0 bridgehead atoms. The molecule has 0 rings (SSSR count). The van der Waals surface area contributed by atoms with E-state index in [9.17, 15) is 9.90 Å². The summed E-state index contributed by atoms with van der Waals surface area (Å²) in [5.74, 6) is 0.184. The molecule has 0 aromatic heterocycles. The van der Waals surface area contributed by atoms with Gasteiger partial charge in [-0.3, -0.25) is 4.79 Å². The van der Waals surface area contributed by atoms with Crippen molar-refractivity contribution in [3.63, 3.8) is 0 Å². The standard InChI is InChI=1S/C24H50N2O2.ClH/c1-4-5-6-7-8-9-10-11-12-13-14-15-16-17-18-20-24(28)25-21-19-22-26(2,3)23-27;/h27H,4-23H2,1-3H3;1H. The molecule has 176 valence electrons. The molecular weight excluding hydrogens is 384 g/mol. The van der Waals surface area contributed by atoms with E-state index in [2.05, 4.69) is 12.2 Å². The smallest absolute Gasteiger partial charge is 0.219 e. The number of unbranched alkanes of at least 4 members (excludes halogenated alkanes) is 14. The largest absolute Gasteiger partial charge is 1.00 e. The monoisotopic (exact) mass is 434 g/mol. The van der Waals surface area contributed by atoms with Crippen molar-refractivity contribution in [2.75, 3.05) is 33.9 Å². The highest BCUT2D eigenvalue weighted by Gasteiger charge is 2.12. The van der Waals surface area contributed by atoms with Crippen molar-refractivity contribution in [1.29, 1.82) is 0 Å². The second kappa shape index (κ2) is 22.4. The van der Waals surface area contributed by atoms with Crippen LogP contribution in [0.25, 0.3) is 0 Å². The lowest BCUT2D eigenvalue weighted by atomic mass is 10.0. The molecule has 0 heterocycles. The predicted octanol–water partition coefficient (Wildman–Crippen LogP) is 2.78. The third-order valence-electron chi connectivity index (χ3n) is 5.65. The quantitative estimate of drug-likeness (QED) is 0.166. The molecule has 0 aliphatic carbocycles. The van der Waals surface area contributed by atoms with Gasteiger partial charge >= 0.3 is 0 Å². The number of carbonyl (C=O) groups excluding carboxylic acids is 1. The van der Waals surface area contributed by atoms with Crippen LogP contribution in [-0.2, 0) is 4.79 Å². The number of aliphatic hydroxyl groups is 1. The van der Waals surface area contributed by atoms with Gasteiger partial charge in [0.2, 0.25) is 5.91 Å². The minimum Gasteiger partial charge on any atom is -1.00 e. The van der Waals surface area contributed by atoms with Gasteiger partial charge in [0, 0.05) is 19.4 Å². The third kappa shape index (κ3) is 23.8. The summed E-state index contributed by atoms with van der Waals surface area (Å²) in [5.41, 5.74) is 0. The predicted molar refractivity (Wildman–Crippen MR) is 121 cm³/mol. The van der Waals surface area contributed by atoms with E-state index in [1.54, 1.807) is 0 Å². The fourth-order valence-electron chi connectivity index (χ4n) is 3.55. The van der Waals surface area contributed by atoms with E-state index < -0.39 is 0 Å². The van der Waals surface area contributed by atoms with E-state index in [-0.39, 0.29) is 25.0 Å². The van der Waals surface area contributed by atoms with E-state index in [1.165, 1.54) is 89.9 Å². The van der Waals surface area contributed by atoms with Crippen molar-refractivity contribution in [1.82, 2.24) is 5.32 Å². The molecule has 0 unspecified atom stereocenters. The summed E-state index contributed by atoms with van der Waals surface area (Å²) in [6, 6.07) is 0. The molecule has 0 aromatic rings. The van der Waals surface area contributed by atoms with Crippen LogP contribution in [0.4, 0.5) is 0 Å². The summed E-state index contributed by atoms with van der Waals surface area (Å²) < 4.78 is 0.592. The maximum atomic E-state index is 11.8. The van der Waals surface area contributed by atoms with E-state index >= 15 is 0 Å². The average molecular weight is 435 g/mol. The SMILES string of the molecule is CCCCCCCCCCCCCCCCCC(=O)NCCC[N+](C)(C)CO.[Cl-]. The normalized spacial score (nSPS) is 11.3. The third-order valence-corrected chi connectivity index (χ3v) is 5.65. The number of rotatable bonds is 21. The van der Waals surface area contributed by atoms with Crippen LogP contribution in [0.3, 0.4) is 0 Å². The second-order valence-electron chi connectivity index (χ2n) is 9.20. The number of carbonyl (C=O) groups is 1. The van der Waals surface area contributed by atoms with Crippen LogP contribution in [0.1, 0.15) is 116 Å². The Hall–Kier alpha value is -0.320. The summed E-state index contributed by atoms with van der Waals surface area (Å²) in [5, 5.41) is 12.2.